The third kappa shape index (κ3) is 3.97. The lowest BCUT2D eigenvalue weighted by Gasteiger charge is -2.25. The van der Waals surface area contributed by atoms with Crippen molar-refractivity contribution in [1.82, 2.24) is 10.6 Å². The molecule has 1 heterocycles. The van der Waals surface area contributed by atoms with Gasteiger partial charge >= 0.3 is 0 Å². The van der Waals surface area contributed by atoms with E-state index in [-0.39, 0.29) is 5.91 Å². The minimum atomic E-state index is 0.113. The highest BCUT2D eigenvalue weighted by molar-refractivity contribution is 5.81. The normalized spacial score (nSPS) is 18.3. The molecule has 1 amide bonds. The van der Waals surface area contributed by atoms with Gasteiger partial charge in [0.15, 0.2) is 0 Å². The van der Waals surface area contributed by atoms with E-state index in [9.17, 15) is 4.79 Å². The van der Waals surface area contributed by atoms with Crippen molar-refractivity contribution in [2.45, 2.75) is 39.3 Å². The van der Waals surface area contributed by atoms with Gasteiger partial charge in [0.2, 0.25) is 5.91 Å². The zero-order chi connectivity index (χ0) is 14.4. The lowest BCUT2D eigenvalue weighted by molar-refractivity contribution is -0.119. The van der Waals surface area contributed by atoms with Crippen molar-refractivity contribution in [3.8, 4) is 0 Å². The number of amides is 1. The molecule has 110 valence electrons. The second-order valence-electron chi connectivity index (χ2n) is 5.49. The van der Waals surface area contributed by atoms with Crippen molar-refractivity contribution in [3.63, 3.8) is 0 Å². The molecule has 1 unspecified atom stereocenters. The Balaban J connectivity index is 2.03. The largest absolute Gasteiger partial charge is 0.360 e. The molecule has 1 aromatic rings. The van der Waals surface area contributed by atoms with E-state index in [4.69, 9.17) is 0 Å². The first kappa shape index (κ1) is 14.9. The van der Waals surface area contributed by atoms with Gasteiger partial charge in [0.25, 0.3) is 0 Å². The number of benzene rings is 1. The van der Waals surface area contributed by atoms with Crippen molar-refractivity contribution in [2.75, 3.05) is 24.5 Å². The van der Waals surface area contributed by atoms with E-state index in [0.29, 0.717) is 12.6 Å². The van der Waals surface area contributed by atoms with Crippen molar-refractivity contribution >= 4 is 11.6 Å². The topological polar surface area (TPSA) is 44.4 Å². The van der Waals surface area contributed by atoms with Gasteiger partial charge in [-0.1, -0.05) is 31.5 Å². The molecule has 20 heavy (non-hydrogen) atoms. The van der Waals surface area contributed by atoms with Crippen LogP contribution < -0.4 is 15.5 Å². The van der Waals surface area contributed by atoms with Gasteiger partial charge in [0, 0.05) is 31.4 Å². The summed E-state index contributed by atoms with van der Waals surface area (Å²) >= 11 is 0. The van der Waals surface area contributed by atoms with Crippen LogP contribution in [0.5, 0.6) is 0 Å². The van der Waals surface area contributed by atoms with E-state index in [0.717, 1.165) is 32.5 Å². The molecule has 2 N–H and O–H groups in total. The predicted octanol–water partition coefficient (Wildman–Crippen LogP) is 1.90. The summed E-state index contributed by atoms with van der Waals surface area (Å²) in [4.78, 5) is 14.2. The molecule has 1 aliphatic heterocycles. The van der Waals surface area contributed by atoms with Gasteiger partial charge in [-0.2, -0.15) is 0 Å². The fourth-order valence-corrected chi connectivity index (χ4v) is 2.53. The Labute approximate surface area is 121 Å². The van der Waals surface area contributed by atoms with E-state index in [1.165, 1.54) is 11.3 Å². The first-order chi connectivity index (χ1) is 9.70. The van der Waals surface area contributed by atoms with Crippen LogP contribution in [-0.4, -0.2) is 31.6 Å². The molecule has 0 saturated carbocycles. The Morgan fingerprint density at radius 1 is 1.45 bits per heavy atom. The van der Waals surface area contributed by atoms with Crippen LogP contribution in [0.4, 0.5) is 5.69 Å². The lowest BCUT2D eigenvalue weighted by atomic mass is 10.1. The monoisotopic (exact) mass is 275 g/mol. The Kier molecular flexibility index (Phi) is 5.41. The predicted molar refractivity (Wildman–Crippen MR) is 82.9 cm³/mol. The summed E-state index contributed by atoms with van der Waals surface area (Å²) < 4.78 is 0. The van der Waals surface area contributed by atoms with Crippen LogP contribution in [0.3, 0.4) is 0 Å². The first-order valence-electron chi connectivity index (χ1n) is 7.53. The minimum absolute atomic E-state index is 0.113. The van der Waals surface area contributed by atoms with Crippen molar-refractivity contribution in [3.05, 3.63) is 29.8 Å². The Bertz CT molecular complexity index is 447. The molecule has 0 aromatic heterocycles. The molecule has 1 atom stereocenters. The third-order valence-corrected chi connectivity index (χ3v) is 3.65. The second-order valence-corrected chi connectivity index (χ2v) is 5.49. The molecular weight excluding hydrogens is 250 g/mol. The summed E-state index contributed by atoms with van der Waals surface area (Å²) in [7, 11) is 0. The van der Waals surface area contributed by atoms with Gasteiger partial charge in [0.05, 0.1) is 6.54 Å². The van der Waals surface area contributed by atoms with Crippen LogP contribution in [0.25, 0.3) is 0 Å². The van der Waals surface area contributed by atoms with E-state index < -0.39 is 0 Å². The first-order valence-corrected chi connectivity index (χ1v) is 7.53. The summed E-state index contributed by atoms with van der Waals surface area (Å²) in [6.45, 7) is 7.23. The molecule has 4 heteroatoms. The molecule has 4 nitrogen and oxygen atoms in total. The van der Waals surface area contributed by atoms with Gasteiger partial charge in [0.1, 0.15) is 0 Å². The maximum atomic E-state index is 12.0. The number of rotatable bonds is 5. The zero-order valence-electron chi connectivity index (χ0n) is 12.5. The van der Waals surface area contributed by atoms with Crippen molar-refractivity contribution in [1.29, 1.82) is 0 Å². The molecule has 2 rings (SSSR count). The minimum Gasteiger partial charge on any atom is -0.360 e. The highest BCUT2D eigenvalue weighted by atomic mass is 16.2. The molecule has 0 spiro atoms. The average molecular weight is 275 g/mol. The summed E-state index contributed by atoms with van der Waals surface area (Å²) in [5.74, 6) is 0.113. The molecule has 0 bridgehead atoms. The summed E-state index contributed by atoms with van der Waals surface area (Å²) in [5.41, 5.74) is 2.44. The highest BCUT2D eigenvalue weighted by Crippen LogP contribution is 2.22. The molecule has 0 saturated heterocycles. The van der Waals surface area contributed by atoms with Gasteiger partial charge in [-0.05, 0) is 25.0 Å². The quantitative estimate of drug-likeness (QED) is 0.807. The van der Waals surface area contributed by atoms with Crippen LogP contribution in [0.15, 0.2) is 24.3 Å². The number of anilines is 1. The Morgan fingerprint density at radius 3 is 3.05 bits per heavy atom. The van der Waals surface area contributed by atoms with E-state index in [1.807, 2.05) is 6.07 Å². The number of carbonyl (C=O) groups is 1. The fourth-order valence-electron chi connectivity index (χ4n) is 2.53. The number of fused-ring (bicyclic) bond motifs is 1. The molecule has 0 aliphatic carbocycles. The van der Waals surface area contributed by atoms with Crippen LogP contribution in [-0.2, 0) is 11.3 Å². The number of nitrogens with one attached hydrogen (secondary N) is 2. The Morgan fingerprint density at radius 2 is 2.25 bits per heavy atom. The van der Waals surface area contributed by atoms with E-state index >= 15 is 0 Å². The number of unbranched alkanes of at least 4 members (excludes halogenated alkanes) is 1. The Hall–Kier alpha value is -1.55. The second kappa shape index (κ2) is 7.29. The summed E-state index contributed by atoms with van der Waals surface area (Å²) in [6.07, 6.45) is 2.15. The third-order valence-electron chi connectivity index (χ3n) is 3.65. The van der Waals surface area contributed by atoms with Gasteiger partial charge in [-0.15, -0.1) is 0 Å². The average Bonchev–Trinajstić information content (AvgIpc) is 2.59. The van der Waals surface area contributed by atoms with Crippen LogP contribution in [0.1, 0.15) is 32.3 Å². The van der Waals surface area contributed by atoms with E-state index in [2.05, 4.69) is 47.6 Å². The smallest absolute Gasteiger partial charge is 0.239 e. The van der Waals surface area contributed by atoms with Gasteiger partial charge in [-0.3, -0.25) is 4.79 Å². The number of para-hydroxylation sites is 1. The van der Waals surface area contributed by atoms with Crippen molar-refractivity contribution in [2.24, 2.45) is 0 Å². The fraction of sp³-hybridized carbons (Fsp3) is 0.562. The van der Waals surface area contributed by atoms with Gasteiger partial charge in [-0.25, -0.2) is 0 Å². The molecular formula is C16H25N3O. The molecule has 0 fully saturated rings. The number of hydrogen-bond acceptors (Lipinski definition) is 3. The highest BCUT2D eigenvalue weighted by Gasteiger charge is 2.20. The summed E-state index contributed by atoms with van der Waals surface area (Å²) in [5, 5.41) is 6.48. The molecule has 1 aromatic carbocycles. The SMILES string of the molecule is CCCCNC(=O)CN1CC(C)NCc2ccccc21. The summed E-state index contributed by atoms with van der Waals surface area (Å²) in [6, 6.07) is 8.70. The number of nitrogens with zero attached hydrogens (tertiary/aromatic N) is 1. The van der Waals surface area contributed by atoms with Crippen LogP contribution in [0, 0.1) is 0 Å². The molecule has 0 radical (unpaired) electrons. The maximum Gasteiger partial charge on any atom is 0.239 e. The number of carbonyl (C=O) groups excluding carboxylic acids is 1. The van der Waals surface area contributed by atoms with Gasteiger partial charge < -0.3 is 15.5 Å². The maximum absolute atomic E-state index is 12.0. The zero-order valence-corrected chi connectivity index (χ0v) is 12.5. The molecule has 1 aliphatic rings. The van der Waals surface area contributed by atoms with Crippen LogP contribution in [0.2, 0.25) is 0 Å². The van der Waals surface area contributed by atoms with E-state index in [1.54, 1.807) is 0 Å². The van der Waals surface area contributed by atoms with Crippen LogP contribution >= 0.6 is 0 Å². The number of hydrogen-bond donors (Lipinski definition) is 2. The van der Waals surface area contributed by atoms with Crippen molar-refractivity contribution < 1.29 is 4.79 Å². The standard InChI is InChI=1S/C16H25N3O/c1-3-4-9-17-16(20)12-19-11-13(2)18-10-14-7-5-6-8-15(14)19/h5-8,13,18H,3-4,9-12H2,1-2H3,(H,17,20). The lowest BCUT2D eigenvalue weighted by Crippen LogP contribution is -2.42.